The Morgan fingerprint density at radius 3 is 2.56 bits per heavy atom. The van der Waals surface area contributed by atoms with Gasteiger partial charge in [0.25, 0.3) is 0 Å². The number of halogens is 4. The predicted octanol–water partition coefficient (Wildman–Crippen LogP) is 3.13. The molecular formula is C11H11ClF3N. The van der Waals surface area contributed by atoms with Crippen molar-refractivity contribution in [2.75, 3.05) is 13.1 Å². The van der Waals surface area contributed by atoms with E-state index in [1.807, 2.05) is 0 Å². The summed E-state index contributed by atoms with van der Waals surface area (Å²) >= 11 is 5.75. The molecular weight excluding hydrogens is 239 g/mol. The van der Waals surface area contributed by atoms with Crippen LogP contribution in [0.5, 0.6) is 0 Å². The summed E-state index contributed by atoms with van der Waals surface area (Å²) in [5, 5.41) is 3.12. The number of alkyl halides is 3. The molecule has 88 valence electrons. The lowest BCUT2D eigenvalue weighted by atomic mass is 9.79. The van der Waals surface area contributed by atoms with Crippen LogP contribution >= 0.6 is 11.6 Å². The van der Waals surface area contributed by atoms with Crippen LogP contribution in [0.3, 0.4) is 0 Å². The first-order valence-electron chi connectivity index (χ1n) is 4.99. The summed E-state index contributed by atoms with van der Waals surface area (Å²) in [6.07, 6.45) is -4.18. The predicted molar refractivity (Wildman–Crippen MR) is 56.7 cm³/mol. The summed E-state index contributed by atoms with van der Waals surface area (Å²) in [6.45, 7) is 0.308. The van der Waals surface area contributed by atoms with E-state index in [0.717, 1.165) is 0 Å². The Morgan fingerprint density at radius 1 is 1.31 bits per heavy atom. The maximum absolute atomic E-state index is 13.2. The molecule has 0 amide bonds. The molecule has 0 spiro atoms. The van der Waals surface area contributed by atoms with E-state index >= 15 is 0 Å². The summed E-state index contributed by atoms with van der Waals surface area (Å²) in [5.41, 5.74) is -1.53. The van der Waals surface area contributed by atoms with Crippen LogP contribution in [0.4, 0.5) is 13.2 Å². The molecule has 0 bridgehead atoms. The van der Waals surface area contributed by atoms with E-state index < -0.39 is 11.6 Å². The van der Waals surface area contributed by atoms with Crippen LogP contribution in [0.2, 0.25) is 5.02 Å². The van der Waals surface area contributed by atoms with Crippen LogP contribution in [0.25, 0.3) is 0 Å². The third-order valence-corrected chi connectivity index (χ3v) is 3.31. The Labute approximate surface area is 96.6 Å². The van der Waals surface area contributed by atoms with Crippen LogP contribution in [0.15, 0.2) is 24.3 Å². The number of hydrogen-bond donors (Lipinski definition) is 1. The summed E-state index contributed by atoms with van der Waals surface area (Å²) in [5.74, 6) is 0. The van der Waals surface area contributed by atoms with Crippen molar-refractivity contribution >= 4 is 11.6 Å². The summed E-state index contributed by atoms with van der Waals surface area (Å²) in [6, 6.07) is 6.04. The number of rotatable bonds is 1. The molecule has 1 fully saturated rings. The van der Waals surface area contributed by atoms with Gasteiger partial charge in [-0.15, -0.1) is 0 Å². The van der Waals surface area contributed by atoms with Gasteiger partial charge < -0.3 is 5.32 Å². The lowest BCUT2D eigenvalue weighted by Crippen LogP contribution is -2.44. The van der Waals surface area contributed by atoms with Gasteiger partial charge in [-0.3, -0.25) is 0 Å². The third-order valence-electron chi connectivity index (χ3n) is 3.08. The maximum atomic E-state index is 13.2. The van der Waals surface area contributed by atoms with Crippen LogP contribution in [-0.2, 0) is 5.41 Å². The Kier molecular flexibility index (Phi) is 2.88. The first-order chi connectivity index (χ1) is 7.46. The zero-order valence-electron chi connectivity index (χ0n) is 8.44. The smallest absolute Gasteiger partial charge is 0.315 e. The molecule has 1 nitrogen and oxygen atoms in total. The van der Waals surface area contributed by atoms with E-state index in [1.54, 1.807) is 12.1 Å². The van der Waals surface area contributed by atoms with E-state index in [9.17, 15) is 13.2 Å². The molecule has 0 radical (unpaired) electrons. The monoisotopic (exact) mass is 249 g/mol. The first kappa shape index (κ1) is 11.7. The molecule has 1 atom stereocenters. The highest BCUT2D eigenvalue weighted by Crippen LogP contribution is 2.45. The standard InChI is InChI=1S/C11H11ClF3N/c12-9-3-1-2-8(6-9)10(11(13,14)15)4-5-16-7-10/h1-3,6,16H,4-5,7H2. The first-order valence-corrected chi connectivity index (χ1v) is 5.37. The summed E-state index contributed by atoms with van der Waals surface area (Å²) in [7, 11) is 0. The molecule has 1 aromatic carbocycles. The third kappa shape index (κ3) is 1.80. The van der Waals surface area contributed by atoms with Gasteiger partial charge in [-0.25, -0.2) is 0 Å². The zero-order valence-corrected chi connectivity index (χ0v) is 9.20. The van der Waals surface area contributed by atoms with Gasteiger partial charge in [-0.2, -0.15) is 13.2 Å². The molecule has 1 aliphatic heterocycles. The van der Waals surface area contributed by atoms with Crippen molar-refractivity contribution in [2.24, 2.45) is 0 Å². The second-order valence-corrected chi connectivity index (χ2v) is 4.45. The van der Waals surface area contributed by atoms with Gasteiger partial charge in [0.2, 0.25) is 0 Å². The maximum Gasteiger partial charge on any atom is 0.399 e. The number of nitrogens with one attached hydrogen (secondary N) is 1. The Hall–Kier alpha value is -0.740. The largest absolute Gasteiger partial charge is 0.399 e. The van der Waals surface area contributed by atoms with Gasteiger partial charge in [0.05, 0.1) is 0 Å². The van der Waals surface area contributed by atoms with Crippen molar-refractivity contribution in [3.8, 4) is 0 Å². The molecule has 1 saturated heterocycles. The molecule has 1 aliphatic rings. The topological polar surface area (TPSA) is 12.0 Å². The Morgan fingerprint density at radius 2 is 2.06 bits per heavy atom. The highest BCUT2D eigenvalue weighted by Gasteiger charge is 2.57. The molecule has 1 aromatic rings. The van der Waals surface area contributed by atoms with Crippen molar-refractivity contribution in [1.82, 2.24) is 5.32 Å². The Bertz CT molecular complexity index is 383. The molecule has 16 heavy (non-hydrogen) atoms. The van der Waals surface area contributed by atoms with Crippen LogP contribution in [-0.4, -0.2) is 19.3 Å². The van der Waals surface area contributed by atoms with Gasteiger partial charge >= 0.3 is 6.18 Å². The normalized spacial score (nSPS) is 26.0. The van der Waals surface area contributed by atoms with Crippen molar-refractivity contribution in [3.05, 3.63) is 34.9 Å². The van der Waals surface area contributed by atoms with Gasteiger partial charge in [0.1, 0.15) is 5.41 Å². The Balaban J connectivity index is 2.48. The highest BCUT2D eigenvalue weighted by molar-refractivity contribution is 6.30. The van der Waals surface area contributed by atoms with E-state index in [-0.39, 0.29) is 18.5 Å². The number of benzene rings is 1. The molecule has 0 saturated carbocycles. The van der Waals surface area contributed by atoms with Crippen LogP contribution in [0.1, 0.15) is 12.0 Å². The van der Waals surface area contributed by atoms with Crippen molar-refractivity contribution < 1.29 is 13.2 Å². The lowest BCUT2D eigenvalue weighted by Gasteiger charge is -2.31. The lowest BCUT2D eigenvalue weighted by molar-refractivity contribution is -0.184. The van der Waals surface area contributed by atoms with Gasteiger partial charge in [0.15, 0.2) is 0 Å². The van der Waals surface area contributed by atoms with E-state index in [1.165, 1.54) is 12.1 Å². The van der Waals surface area contributed by atoms with Gasteiger partial charge in [0, 0.05) is 11.6 Å². The van der Waals surface area contributed by atoms with Crippen molar-refractivity contribution in [1.29, 1.82) is 0 Å². The van der Waals surface area contributed by atoms with E-state index in [0.29, 0.717) is 11.6 Å². The van der Waals surface area contributed by atoms with Crippen molar-refractivity contribution in [2.45, 2.75) is 18.0 Å². The molecule has 1 heterocycles. The van der Waals surface area contributed by atoms with Crippen LogP contribution < -0.4 is 5.32 Å². The molecule has 1 unspecified atom stereocenters. The number of hydrogen-bond acceptors (Lipinski definition) is 1. The zero-order chi connectivity index (χ0) is 11.8. The molecule has 5 heteroatoms. The summed E-state index contributed by atoms with van der Waals surface area (Å²) < 4.78 is 39.5. The van der Waals surface area contributed by atoms with Gasteiger partial charge in [-0.1, -0.05) is 23.7 Å². The average molecular weight is 250 g/mol. The SMILES string of the molecule is FC(F)(F)C1(c2cccc(Cl)c2)CCNC1. The van der Waals surface area contributed by atoms with E-state index in [4.69, 9.17) is 11.6 Å². The fraction of sp³-hybridized carbons (Fsp3) is 0.455. The van der Waals surface area contributed by atoms with Crippen LogP contribution in [0, 0.1) is 0 Å². The molecule has 0 aromatic heterocycles. The summed E-state index contributed by atoms with van der Waals surface area (Å²) in [4.78, 5) is 0. The molecule has 2 rings (SSSR count). The quantitative estimate of drug-likeness (QED) is 0.806. The highest BCUT2D eigenvalue weighted by atomic mass is 35.5. The second kappa shape index (κ2) is 3.93. The van der Waals surface area contributed by atoms with Gasteiger partial charge in [-0.05, 0) is 30.7 Å². The van der Waals surface area contributed by atoms with Crippen molar-refractivity contribution in [3.63, 3.8) is 0 Å². The minimum absolute atomic E-state index is 0.0663. The fourth-order valence-electron chi connectivity index (χ4n) is 2.13. The molecule has 1 N–H and O–H groups in total. The van der Waals surface area contributed by atoms with E-state index in [2.05, 4.69) is 5.32 Å². The minimum Gasteiger partial charge on any atom is -0.315 e. The minimum atomic E-state index is -4.25. The second-order valence-electron chi connectivity index (χ2n) is 4.02. The fourth-order valence-corrected chi connectivity index (χ4v) is 2.32. The average Bonchev–Trinajstić information content (AvgIpc) is 2.66. The molecule has 0 aliphatic carbocycles.